The van der Waals surface area contributed by atoms with Crippen molar-refractivity contribution >= 4 is 0 Å². The molecule has 1 nitrogen and oxygen atoms in total. The molecule has 2 atom stereocenters. The van der Waals surface area contributed by atoms with Gasteiger partial charge in [0, 0.05) is 0 Å². The summed E-state index contributed by atoms with van der Waals surface area (Å²) in [4.78, 5) is 0. The summed E-state index contributed by atoms with van der Waals surface area (Å²) >= 11 is 0. The Kier molecular flexibility index (Phi) is 13.4. The Labute approximate surface area is 292 Å². The van der Waals surface area contributed by atoms with E-state index in [1.165, 1.54) is 55.7 Å². The molecule has 0 aliphatic heterocycles. The van der Waals surface area contributed by atoms with Crippen LogP contribution in [-0.2, 0) is 0 Å². The summed E-state index contributed by atoms with van der Waals surface area (Å²) in [7, 11) is 0. The van der Waals surface area contributed by atoms with E-state index in [1.807, 2.05) is 20.8 Å². The van der Waals surface area contributed by atoms with Crippen molar-refractivity contribution in [3.8, 4) is 0 Å². The first-order valence-corrected chi connectivity index (χ1v) is 14.9. The Hall–Kier alpha value is -0.484. The van der Waals surface area contributed by atoms with Crippen LogP contribution in [0.2, 0.25) is 0 Å². The van der Waals surface area contributed by atoms with Crippen LogP contribution in [0.5, 0.6) is 0 Å². The molecule has 1 N–H and O–H groups in total. The monoisotopic (exact) mass is 568 g/mol. The zero-order chi connectivity index (χ0) is 30.2. The van der Waals surface area contributed by atoms with Crippen molar-refractivity contribution < 1.29 is 57.9 Å². The number of allylic oxidation sites excluding steroid dienone is 14. The van der Waals surface area contributed by atoms with Gasteiger partial charge < -0.3 is 24.3 Å². The molecule has 3 rings (SSSR count). The Morgan fingerprint density at radius 3 is 1.73 bits per heavy atom. The molecule has 0 fully saturated rings. The van der Waals surface area contributed by atoms with E-state index in [9.17, 15) is 5.11 Å². The van der Waals surface area contributed by atoms with E-state index in [2.05, 4.69) is 95.2 Å². The third kappa shape index (κ3) is 7.35. The van der Waals surface area contributed by atoms with Crippen LogP contribution in [0, 0.1) is 29.4 Å². The minimum Gasteiger partial charge on any atom is -1.00 e. The number of aliphatic hydroxyl groups is 1. The van der Waals surface area contributed by atoms with Crippen LogP contribution in [0.3, 0.4) is 0 Å². The van der Waals surface area contributed by atoms with Gasteiger partial charge in [0.25, 0.3) is 0 Å². The fraction of sp³-hybridized carbons (Fsp3) is 0.579. The van der Waals surface area contributed by atoms with E-state index in [-0.39, 0.29) is 69.7 Å². The Bertz CT molecular complexity index is 1250. The summed E-state index contributed by atoms with van der Waals surface area (Å²) in [5, 5.41) is 9.94. The molecule has 0 aromatic heterocycles. The molecule has 0 aromatic rings. The zero-order valence-electron chi connectivity index (χ0n) is 29.9. The molecule has 0 amide bonds. The van der Waals surface area contributed by atoms with Crippen LogP contribution >= 0.6 is 0 Å². The molecule has 0 aromatic carbocycles. The molecule has 40 heavy (non-hydrogen) atoms. The second-order valence-electron chi connectivity index (χ2n) is 13.4. The molecule has 2 heteroatoms. The van der Waals surface area contributed by atoms with Crippen molar-refractivity contribution in [2.75, 3.05) is 0 Å². The van der Waals surface area contributed by atoms with Crippen LogP contribution in [0.25, 0.3) is 0 Å². The van der Waals surface area contributed by atoms with Gasteiger partial charge in [0.15, 0.2) is 0 Å². The summed E-state index contributed by atoms with van der Waals surface area (Å²) in [6, 6.07) is 0. The predicted octanol–water partition coefficient (Wildman–Crippen LogP) is 8.05. The van der Waals surface area contributed by atoms with Gasteiger partial charge in [0.2, 0.25) is 0 Å². The van der Waals surface area contributed by atoms with Crippen molar-refractivity contribution in [1.29, 1.82) is 0 Å². The van der Waals surface area contributed by atoms with Crippen molar-refractivity contribution in [1.82, 2.24) is 0 Å². The number of hydrogen-bond donors (Lipinski definition) is 1. The summed E-state index contributed by atoms with van der Waals surface area (Å²) in [6.07, 6.45) is 8.68. The summed E-state index contributed by atoms with van der Waals surface area (Å²) in [5.41, 5.74) is 17.8. The van der Waals surface area contributed by atoms with Crippen LogP contribution < -0.4 is 51.4 Å². The maximum Gasteiger partial charge on any atom is 1.00 e. The van der Waals surface area contributed by atoms with Gasteiger partial charge in [-0.2, -0.15) is 5.57 Å². The molecule has 0 heterocycles. The van der Waals surface area contributed by atoms with Gasteiger partial charge in [-0.15, -0.1) is 25.5 Å². The minimum absolute atomic E-state index is 0. The molecule has 2 unspecified atom stereocenters. The average molecular weight is 569 g/mol. The van der Waals surface area contributed by atoms with Crippen LogP contribution in [0.4, 0.5) is 0 Å². The maximum absolute atomic E-state index is 9.94. The summed E-state index contributed by atoms with van der Waals surface area (Å²) < 4.78 is 0. The maximum atomic E-state index is 9.94. The number of aliphatic hydroxyl groups excluding tert-OH is 1. The van der Waals surface area contributed by atoms with E-state index in [0.717, 1.165) is 30.4 Å². The second-order valence-corrected chi connectivity index (χ2v) is 13.4. The first kappa shape index (κ1) is 37.5. The average Bonchev–Trinajstić information content (AvgIpc) is 3.35. The van der Waals surface area contributed by atoms with Crippen molar-refractivity contribution in [3.63, 3.8) is 0 Å². The number of rotatable bonds is 6. The van der Waals surface area contributed by atoms with E-state index in [0.29, 0.717) is 5.92 Å². The van der Waals surface area contributed by atoms with Crippen molar-refractivity contribution in [2.24, 2.45) is 16.7 Å². The second kappa shape index (κ2) is 14.3. The number of hydrogen-bond acceptors (Lipinski definition) is 1. The smallest absolute Gasteiger partial charge is 1.00 e. The SMILES string of the molecule is CC1=C(C)C(C)=C(C(C)C2=C(C)C(C)=C(C(C)O)C2)C1.[1H-].[CH-]=C(C)C(C)=[C-]/C(C)=C1\C=C(CC)C(C)(C)C1(C)C.[K+]. The fourth-order valence-corrected chi connectivity index (χ4v) is 6.53. The molecule has 0 saturated heterocycles. The van der Waals surface area contributed by atoms with Gasteiger partial charge >= 0.3 is 51.4 Å². The molecule has 0 spiro atoms. The van der Waals surface area contributed by atoms with Gasteiger partial charge in [-0.05, 0) is 105 Å². The Balaban J connectivity index is 0.000000745. The topological polar surface area (TPSA) is 20.2 Å². The molecule has 3 aliphatic rings. The standard InChI is InChI=1S/C19H28O.C19H28.K.H/c1-10-8-17(12(3)11(10)2)15(6)18-9-19(16(7)20)14(5)13(18)4;1-10-16-12-17(19(8,9)18(16,6)7)15(5)11-14(4)13(2)3;;/h15-16,20H,8-9H2,1-7H3;2,12H,10H2,1,3-9H3;;/q;-2;+1;-1/b;17-15+;;/i;;;1+0. The summed E-state index contributed by atoms with van der Waals surface area (Å²) in [5.74, 6) is 0.494. The minimum atomic E-state index is -0.324. The van der Waals surface area contributed by atoms with E-state index < -0.39 is 0 Å². The Morgan fingerprint density at radius 2 is 1.35 bits per heavy atom. The quantitative estimate of drug-likeness (QED) is 0.195. The largest absolute Gasteiger partial charge is 1.00 e. The first-order chi connectivity index (χ1) is 17.8. The molecular weight excluding hydrogens is 512 g/mol. The van der Waals surface area contributed by atoms with Gasteiger partial charge in [-0.3, -0.25) is 6.08 Å². The predicted molar refractivity (Wildman–Crippen MR) is 172 cm³/mol. The third-order valence-electron chi connectivity index (χ3n) is 10.7. The van der Waals surface area contributed by atoms with Gasteiger partial charge in [-0.1, -0.05) is 70.8 Å². The van der Waals surface area contributed by atoms with Gasteiger partial charge in [-0.25, -0.2) is 0 Å². The fourth-order valence-electron chi connectivity index (χ4n) is 6.53. The zero-order valence-corrected chi connectivity index (χ0v) is 32.0. The van der Waals surface area contributed by atoms with Crippen LogP contribution in [0.1, 0.15) is 125 Å². The molecule has 0 radical (unpaired) electrons. The normalized spacial score (nSPS) is 23.2. The molecule has 0 saturated carbocycles. The van der Waals surface area contributed by atoms with E-state index >= 15 is 0 Å². The van der Waals surface area contributed by atoms with Crippen molar-refractivity contribution in [2.45, 2.75) is 129 Å². The van der Waals surface area contributed by atoms with Gasteiger partial charge in [0.1, 0.15) is 0 Å². The van der Waals surface area contributed by atoms with Crippen LogP contribution in [-0.4, -0.2) is 11.2 Å². The molecule has 3 aliphatic carbocycles. The van der Waals surface area contributed by atoms with E-state index in [4.69, 9.17) is 6.58 Å². The third-order valence-corrected chi connectivity index (χ3v) is 10.7. The molecule has 0 bridgehead atoms. The summed E-state index contributed by atoms with van der Waals surface area (Å²) in [6.45, 7) is 38.9. The van der Waals surface area contributed by atoms with Gasteiger partial charge in [0.05, 0.1) is 6.10 Å². The Morgan fingerprint density at radius 1 is 0.875 bits per heavy atom. The molecule has 218 valence electrons. The van der Waals surface area contributed by atoms with Crippen LogP contribution in [0.15, 0.2) is 78.5 Å². The first-order valence-electron chi connectivity index (χ1n) is 14.9. The molecular formula is C38H57KO-2. The van der Waals surface area contributed by atoms with Crippen molar-refractivity contribution in [3.05, 3.63) is 91.2 Å². The van der Waals surface area contributed by atoms with E-state index in [1.54, 1.807) is 5.57 Å².